The Morgan fingerprint density at radius 2 is 2.07 bits per heavy atom. The van der Waals surface area contributed by atoms with Gasteiger partial charge in [-0.15, -0.1) is 0 Å². The summed E-state index contributed by atoms with van der Waals surface area (Å²) in [7, 11) is 0. The lowest BCUT2D eigenvalue weighted by Crippen LogP contribution is -2.42. The summed E-state index contributed by atoms with van der Waals surface area (Å²) in [6.45, 7) is 8.19. The van der Waals surface area contributed by atoms with Crippen molar-refractivity contribution in [3.05, 3.63) is 29.8 Å². The van der Waals surface area contributed by atoms with Crippen molar-refractivity contribution in [2.24, 2.45) is 5.10 Å². The van der Waals surface area contributed by atoms with E-state index in [2.05, 4.69) is 22.8 Å². The molecule has 0 aliphatic carbocycles. The lowest BCUT2D eigenvalue weighted by atomic mass is 10.0. The predicted octanol–water partition coefficient (Wildman–Crippen LogP) is 4.22. The van der Waals surface area contributed by atoms with Gasteiger partial charge < -0.3 is 10.1 Å². The molecule has 2 N–H and O–H groups in total. The number of para-hydroxylation sites is 1. The van der Waals surface area contributed by atoms with Gasteiger partial charge in [-0.3, -0.25) is 4.90 Å². The summed E-state index contributed by atoms with van der Waals surface area (Å²) in [6, 6.07) is 7.34. The minimum absolute atomic E-state index is 0.269. The Bertz CT molecular complexity index is 697. The number of nitrogens with one attached hydrogen (secondary N) is 2. The largest absolute Gasteiger partial charge is 0.444 e. The molecule has 1 aromatic carbocycles. The van der Waals surface area contributed by atoms with Crippen LogP contribution in [0.4, 0.5) is 15.3 Å². The number of benzene rings is 1. The van der Waals surface area contributed by atoms with E-state index in [0.29, 0.717) is 6.54 Å². The quantitative estimate of drug-likeness (QED) is 0.565. The Morgan fingerprint density at radius 1 is 1.32 bits per heavy atom. The standard InChI is InChI=1S/C21H32N4O3/c1-5-6-12-17(23-20(27)28-21(2,3)4)15-22-24-19(26)25-14-9-11-16-10-7-8-13-18(16)25/h7-8,10,13,15,17H,5-6,9,11-12,14H2,1-4H3,(H,23,27)(H,24,26)/b22-15+/t17-/m0/s1. The molecule has 7 nitrogen and oxygen atoms in total. The van der Waals surface area contributed by atoms with E-state index in [9.17, 15) is 9.59 Å². The van der Waals surface area contributed by atoms with Crippen LogP contribution in [0.3, 0.4) is 0 Å². The summed E-state index contributed by atoms with van der Waals surface area (Å²) in [5.74, 6) is 0. The molecule has 2 rings (SSSR count). The first kappa shape index (κ1) is 21.7. The van der Waals surface area contributed by atoms with Crippen molar-refractivity contribution in [2.75, 3.05) is 11.4 Å². The van der Waals surface area contributed by atoms with Crippen LogP contribution >= 0.6 is 0 Å². The normalized spacial score (nSPS) is 15.1. The monoisotopic (exact) mass is 388 g/mol. The fourth-order valence-electron chi connectivity index (χ4n) is 3.05. The second-order valence-electron chi connectivity index (χ2n) is 7.97. The molecule has 0 saturated carbocycles. The molecule has 0 saturated heterocycles. The Hall–Kier alpha value is -2.57. The molecule has 28 heavy (non-hydrogen) atoms. The van der Waals surface area contributed by atoms with Gasteiger partial charge in [0.2, 0.25) is 0 Å². The van der Waals surface area contributed by atoms with Crippen LogP contribution in [-0.2, 0) is 11.2 Å². The number of carbonyl (C=O) groups is 2. The van der Waals surface area contributed by atoms with E-state index < -0.39 is 11.7 Å². The highest BCUT2D eigenvalue weighted by molar-refractivity contribution is 5.93. The van der Waals surface area contributed by atoms with Crippen molar-refractivity contribution in [3.63, 3.8) is 0 Å². The molecule has 1 atom stereocenters. The smallest absolute Gasteiger partial charge is 0.408 e. The maximum absolute atomic E-state index is 12.6. The molecule has 1 aliphatic rings. The fourth-order valence-corrected chi connectivity index (χ4v) is 3.05. The molecule has 0 radical (unpaired) electrons. The van der Waals surface area contributed by atoms with Gasteiger partial charge in [0.15, 0.2) is 0 Å². The number of fused-ring (bicyclic) bond motifs is 1. The maximum Gasteiger partial charge on any atom is 0.408 e. The van der Waals surface area contributed by atoms with Crippen LogP contribution in [0.1, 0.15) is 58.9 Å². The number of nitrogens with zero attached hydrogens (tertiary/aromatic N) is 2. The summed E-state index contributed by atoms with van der Waals surface area (Å²) >= 11 is 0. The molecule has 0 fully saturated rings. The van der Waals surface area contributed by atoms with Crippen LogP contribution in [0.5, 0.6) is 0 Å². The van der Waals surface area contributed by atoms with Gasteiger partial charge in [0.05, 0.1) is 6.04 Å². The van der Waals surface area contributed by atoms with E-state index >= 15 is 0 Å². The Morgan fingerprint density at radius 3 is 2.79 bits per heavy atom. The van der Waals surface area contributed by atoms with E-state index in [1.54, 1.807) is 11.1 Å². The molecule has 0 aromatic heterocycles. The molecule has 1 aromatic rings. The number of urea groups is 1. The fraction of sp³-hybridized carbons (Fsp3) is 0.571. The van der Waals surface area contributed by atoms with Gasteiger partial charge in [-0.2, -0.15) is 5.10 Å². The van der Waals surface area contributed by atoms with Gasteiger partial charge in [-0.05, 0) is 51.7 Å². The van der Waals surface area contributed by atoms with Crippen molar-refractivity contribution >= 4 is 24.0 Å². The van der Waals surface area contributed by atoms with Crippen molar-refractivity contribution < 1.29 is 14.3 Å². The third kappa shape index (κ3) is 6.87. The number of hydrazone groups is 1. The number of unbranched alkanes of at least 4 members (excludes halogenated alkanes) is 1. The number of ether oxygens (including phenoxy) is 1. The second kappa shape index (κ2) is 10.1. The van der Waals surface area contributed by atoms with Gasteiger partial charge in [0, 0.05) is 18.4 Å². The van der Waals surface area contributed by atoms with Crippen LogP contribution in [0.15, 0.2) is 29.4 Å². The summed E-state index contributed by atoms with van der Waals surface area (Å²) in [6.07, 6.45) is 5.62. The first-order chi connectivity index (χ1) is 13.3. The number of alkyl carbamates (subject to hydrolysis) is 1. The zero-order chi connectivity index (χ0) is 20.6. The average molecular weight is 389 g/mol. The summed E-state index contributed by atoms with van der Waals surface area (Å²) in [4.78, 5) is 26.3. The molecule has 1 aliphatic heterocycles. The van der Waals surface area contributed by atoms with E-state index in [0.717, 1.165) is 37.8 Å². The Labute approximate surface area is 167 Å². The zero-order valence-electron chi connectivity index (χ0n) is 17.3. The van der Waals surface area contributed by atoms with Crippen molar-refractivity contribution in [2.45, 2.75) is 71.4 Å². The molecular formula is C21H32N4O3. The maximum atomic E-state index is 12.6. The van der Waals surface area contributed by atoms with Crippen LogP contribution in [0.2, 0.25) is 0 Å². The molecule has 0 unspecified atom stereocenters. The van der Waals surface area contributed by atoms with Crippen molar-refractivity contribution in [1.29, 1.82) is 0 Å². The first-order valence-corrected chi connectivity index (χ1v) is 9.98. The van der Waals surface area contributed by atoms with Gasteiger partial charge in [-0.1, -0.05) is 38.0 Å². The minimum atomic E-state index is -0.563. The average Bonchev–Trinajstić information content (AvgIpc) is 2.63. The van der Waals surface area contributed by atoms with Gasteiger partial charge in [0.1, 0.15) is 5.60 Å². The molecule has 7 heteroatoms. The lowest BCUT2D eigenvalue weighted by molar-refractivity contribution is 0.0517. The molecule has 0 bridgehead atoms. The number of hydrogen-bond acceptors (Lipinski definition) is 4. The second-order valence-corrected chi connectivity index (χ2v) is 7.97. The minimum Gasteiger partial charge on any atom is -0.444 e. The molecule has 0 spiro atoms. The van der Waals surface area contributed by atoms with Gasteiger partial charge in [-0.25, -0.2) is 15.0 Å². The third-order valence-electron chi connectivity index (χ3n) is 4.34. The molecule has 1 heterocycles. The molecule has 3 amide bonds. The summed E-state index contributed by atoms with van der Waals surface area (Å²) in [5, 5.41) is 6.89. The SMILES string of the molecule is CCCC[C@@H](/C=N/NC(=O)N1CCCc2ccccc21)NC(=O)OC(C)(C)C. The number of hydrogen-bond donors (Lipinski definition) is 2. The van der Waals surface area contributed by atoms with E-state index in [-0.39, 0.29) is 12.1 Å². The van der Waals surface area contributed by atoms with Crippen LogP contribution in [0.25, 0.3) is 0 Å². The highest BCUT2D eigenvalue weighted by Crippen LogP contribution is 2.26. The van der Waals surface area contributed by atoms with E-state index in [1.165, 1.54) is 5.56 Å². The lowest BCUT2D eigenvalue weighted by Gasteiger charge is -2.28. The third-order valence-corrected chi connectivity index (χ3v) is 4.34. The highest BCUT2D eigenvalue weighted by Gasteiger charge is 2.22. The van der Waals surface area contributed by atoms with Gasteiger partial charge >= 0.3 is 12.1 Å². The predicted molar refractivity (Wildman–Crippen MR) is 112 cm³/mol. The zero-order valence-corrected chi connectivity index (χ0v) is 17.3. The van der Waals surface area contributed by atoms with E-state index in [4.69, 9.17) is 4.74 Å². The Kier molecular flexibility index (Phi) is 7.84. The van der Waals surface area contributed by atoms with Crippen LogP contribution in [-0.4, -0.2) is 36.5 Å². The summed E-state index contributed by atoms with van der Waals surface area (Å²) < 4.78 is 5.30. The van der Waals surface area contributed by atoms with E-state index in [1.807, 2.05) is 45.0 Å². The van der Waals surface area contributed by atoms with Crippen LogP contribution in [0, 0.1) is 0 Å². The Balaban J connectivity index is 1.95. The number of carbonyl (C=O) groups excluding carboxylic acids is 2. The van der Waals surface area contributed by atoms with Crippen molar-refractivity contribution in [3.8, 4) is 0 Å². The number of aryl methyl sites for hydroxylation is 1. The molecule has 154 valence electrons. The van der Waals surface area contributed by atoms with Crippen molar-refractivity contribution in [1.82, 2.24) is 10.7 Å². The van der Waals surface area contributed by atoms with Crippen LogP contribution < -0.4 is 15.6 Å². The number of amides is 3. The highest BCUT2D eigenvalue weighted by atomic mass is 16.6. The van der Waals surface area contributed by atoms with Gasteiger partial charge in [0.25, 0.3) is 0 Å². The number of rotatable bonds is 6. The summed E-state index contributed by atoms with van der Waals surface area (Å²) in [5.41, 5.74) is 4.12. The molecular weight excluding hydrogens is 356 g/mol. The topological polar surface area (TPSA) is 83.0 Å². The number of anilines is 1. The first-order valence-electron chi connectivity index (χ1n) is 9.98.